The van der Waals surface area contributed by atoms with E-state index in [1.165, 1.54) is 0 Å². The zero-order valence-corrected chi connectivity index (χ0v) is 14.8. The average molecular weight is 362 g/mol. The number of aromatic nitrogens is 3. The third kappa shape index (κ3) is 2.65. The van der Waals surface area contributed by atoms with Crippen molar-refractivity contribution >= 4 is 11.2 Å². The molecule has 0 radical (unpaired) electrons. The Bertz CT molecular complexity index is 1330. The molecule has 0 aliphatic carbocycles. The summed E-state index contributed by atoms with van der Waals surface area (Å²) in [6.45, 7) is 0. The van der Waals surface area contributed by atoms with Crippen LogP contribution in [0.5, 0.6) is 0 Å². The molecule has 2 aromatic carbocycles. The molecule has 0 N–H and O–H groups in total. The van der Waals surface area contributed by atoms with Crippen LogP contribution in [0.3, 0.4) is 0 Å². The van der Waals surface area contributed by atoms with Crippen molar-refractivity contribution in [2.75, 3.05) is 0 Å². The van der Waals surface area contributed by atoms with Crippen molar-refractivity contribution in [2.24, 2.45) is 0 Å². The van der Waals surface area contributed by atoms with E-state index in [-0.39, 0.29) is 0 Å². The highest BCUT2D eigenvalue weighted by Gasteiger charge is 2.10. The van der Waals surface area contributed by atoms with Crippen LogP contribution in [0.4, 0.5) is 0 Å². The van der Waals surface area contributed by atoms with Crippen molar-refractivity contribution in [1.82, 2.24) is 14.5 Å². The first-order chi connectivity index (χ1) is 13.8. The summed E-state index contributed by atoms with van der Waals surface area (Å²) >= 11 is 0. The second kappa shape index (κ2) is 6.53. The van der Waals surface area contributed by atoms with Crippen molar-refractivity contribution in [2.45, 2.75) is 0 Å². The Morgan fingerprint density at radius 1 is 0.893 bits per heavy atom. The molecule has 0 fully saturated rings. The van der Waals surface area contributed by atoms with Gasteiger partial charge in [0, 0.05) is 23.0 Å². The molecule has 0 saturated heterocycles. The van der Waals surface area contributed by atoms with E-state index >= 15 is 0 Å². The Labute approximate surface area is 161 Å². The summed E-state index contributed by atoms with van der Waals surface area (Å²) < 4.78 is 7.10. The fourth-order valence-corrected chi connectivity index (χ4v) is 3.33. The Kier molecular flexibility index (Phi) is 3.74. The third-order valence-corrected chi connectivity index (χ3v) is 4.73. The molecule has 132 valence electrons. The Morgan fingerprint density at radius 2 is 1.82 bits per heavy atom. The number of hydrogen-bond acceptors (Lipinski definition) is 4. The number of nitrogens with zero attached hydrogens (tertiary/aromatic N) is 4. The van der Waals surface area contributed by atoms with E-state index in [2.05, 4.69) is 16.0 Å². The van der Waals surface area contributed by atoms with E-state index in [1.54, 1.807) is 18.9 Å². The molecule has 28 heavy (non-hydrogen) atoms. The van der Waals surface area contributed by atoms with E-state index in [0.717, 1.165) is 39.1 Å². The number of rotatable bonds is 3. The minimum atomic E-state index is 0.651. The Hall–Kier alpha value is -4.17. The van der Waals surface area contributed by atoms with Crippen LogP contribution < -0.4 is 0 Å². The lowest BCUT2D eigenvalue weighted by molar-refractivity contribution is 0.568. The molecule has 3 aromatic heterocycles. The number of hydrogen-bond donors (Lipinski definition) is 0. The van der Waals surface area contributed by atoms with E-state index in [1.807, 2.05) is 71.4 Å². The molecular weight excluding hydrogens is 348 g/mol. The first-order valence-corrected chi connectivity index (χ1v) is 8.79. The SMILES string of the molecule is N#Cc1ccccc1-c1cccc(-n2cnc3cc(-c4ccoc4)cnc32)c1. The van der Waals surface area contributed by atoms with Gasteiger partial charge in [-0.05, 0) is 41.5 Å². The van der Waals surface area contributed by atoms with Gasteiger partial charge in [0.05, 0.1) is 24.2 Å². The van der Waals surface area contributed by atoms with E-state index in [4.69, 9.17) is 4.42 Å². The lowest BCUT2D eigenvalue weighted by Gasteiger charge is -2.08. The highest BCUT2D eigenvalue weighted by atomic mass is 16.3. The molecule has 0 unspecified atom stereocenters. The van der Waals surface area contributed by atoms with Crippen LogP contribution in [0.2, 0.25) is 0 Å². The normalized spacial score (nSPS) is 10.8. The second-order valence-electron chi connectivity index (χ2n) is 6.40. The molecule has 3 heterocycles. The lowest BCUT2D eigenvalue weighted by atomic mass is 10.00. The minimum Gasteiger partial charge on any atom is -0.472 e. The molecule has 0 spiro atoms. The van der Waals surface area contributed by atoms with Gasteiger partial charge >= 0.3 is 0 Å². The van der Waals surface area contributed by atoms with Crippen molar-refractivity contribution in [3.05, 3.63) is 91.3 Å². The van der Waals surface area contributed by atoms with Crippen LogP contribution in [0.25, 0.3) is 39.1 Å². The fraction of sp³-hybridized carbons (Fsp3) is 0. The van der Waals surface area contributed by atoms with Gasteiger partial charge in [0.15, 0.2) is 5.65 Å². The fourth-order valence-electron chi connectivity index (χ4n) is 3.33. The number of pyridine rings is 1. The Balaban J connectivity index is 1.60. The van der Waals surface area contributed by atoms with Gasteiger partial charge in [0.2, 0.25) is 0 Å². The van der Waals surface area contributed by atoms with Gasteiger partial charge in [0.1, 0.15) is 11.8 Å². The van der Waals surface area contributed by atoms with Gasteiger partial charge in [-0.15, -0.1) is 0 Å². The van der Waals surface area contributed by atoms with Crippen LogP contribution in [0.15, 0.2) is 90.1 Å². The van der Waals surface area contributed by atoms with Gasteiger partial charge in [-0.25, -0.2) is 9.97 Å². The summed E-state index contributed by atoms with van der Waals surface area (Å²) in [5.41, 5.74) is 6.99. The Morgan fingerprint density at radius 3 is 2.68 bits per heavy atom. The predicted molar refractivity (Wildman–Crippen MR) is 107 cm³/mol. The second-order valence-corrected chi connectivity index (χ2v) is 6.40. The molecule has 0 saturated carbocycles. The van der Waals surface area contributed by atoms with Crippen LogP contribution in [0.1, 0.15) is 5.56 Å². The van der Waals surface area contributed by atoms with E-state index < -0.39 is 0 Å². The largest absolute Gasteiger partial charge is 0.472 e. The van der Waals surface area contributed by atoms with Crippen molar-refractivity contribution in [3.63, 3.8) is 0 Å². The summed E-state index contributed by atoms with van der Waals surface area (Å²) in [5, 5.41) is 9.40. The lowest BCUT2D eigenvalue weighted by Crippen LogP contribution is -1.95. The maximum atomic E-state index is 9.40. The van der Waals surface area contributed by atoms with Crippen LogP contribution in [0, 0.1) is 11.3 Å². The van der Waals surface area contributed by atoms with Crippen LogP contribution in [-0.4, -0.2) is 14.5 Å². The molecule has 0 aliphatic heterocycles. The summed E-state index contributed by atoms with van der Waals surface area (Å²) in [6.07, 6.45) is 6.92. The highest BCUT2D eigenvalue weighted by Crippen LogP contribution is 2.27. The van der Waals surface area contributed by atoms with Gasteiger partial charge in [-0.3, -0.25) is 4.57 Å². The average Bonchev–Trinajstić information content (AvgIpc) is 3.43. The smallest absolute Gasteiger partial charge is 0.164 e. The number of nitriles is 1. The van der Waals surface area contributed by atoms with Crippen molar-refractivity contribution in [1.29, 1.82) is 5.26 Å². The molecule has 5 heteroatoms. The number of benzene rings is 2. The molecular formula is C23H14N4O. The quantitative estimate of drug-likeness (QED) is 0.441. The van der Waals surface area contributed by atoms with Crippen LogP contribution >= 0.6 is 0 Å². The topological polar surface area (TPSA) is 67.6 Å². The summed E-state index contributed by atoms with van der Waals surface area (Å²) in [4.78, 5) is 9.14. The minimum absolute atomic E-state index is 0.651. The van der Waals surface area contributed by atoms with Gasteiger partial charge in [-0.1, -0.05) is 30.3 Å². The van der Waals surface area contributed by atoms with Crippen LogP contribution in [-0.2, 0) is 0 Å². The van der Waals surface area contributed by atoms with Crippen molar-refractivity contribution in [3.8, 4) is 34.0 Å². The van der Waals surface area contributed by atoms with E-state index in [0.29, 0.717) is 5.56 Å². The molecule has 0 aliphatic rings. The molecule has 0 bridgehead atoms. The van der Waals surface area contributed by atoms with E-state index in [9.17, 15) is 5.26 Å². The first-order valence-electron chi connectivity index (χ1n) is 8.79. The summed E-state index contributed by atoms with van der Waals surface area (Å²) in [5.74, 6) is 0. The zero-order chi connectivity index (χ0) is 18.9. The maximum absolute atomic E-state index is 9.40. The number of furan rings is 1. The highest BCUT2D eigenvalue weighted by molar-refractivity contribution is 5.80. The van der Waals surface area contributed by atoms with Crippen molar-refractivity contribution < 1.29 is 4.42 Å². The van der Waals surface area contributed by atoms with Gasteiger partial charge < -0.3 is 4.42 Å². The molecule has 5 rings (SSSR count). The molecule has 5 aromatic rings. The predicted octanol–water partition coefficient (Wildman–Crippen LogP) is 5.22. The van der Waals surface area contributed by atoms with Gasteiger partial charge in [-0.2, -0.15) is 5.26 Å². The monoisotopic (exact) mass is 362 g/mol. The summed E-state index contributed by atoms with van der Waals surface area (Å²) in [7, 11) is 0. The standard InChI is InChI=1S/C23H14N4O/c24-12-17-4-1-2-7-21(17)16-5-3-6-20(10-16)27-15-26-22-11-19(13-25-23(22)27)18-8-9-28-14-18/h1-11,13-15H. The summed E-state index contributed by atoms with van der Waals surface area (Å²) in [6, 6.07) is 21.8. The zero-order valence-electron chi connectivity index (χ0n) is 14.8. The maximum Gasteiger partial charge on any atom is 0.164 e. The molecule has 0 amide bonds. The first kappa shape index (κ1) is 16.0. The molecule has 5 nitrogen and oxygen atoms in total. The van der Waals surface area contributed by atoms with Gasteiger partial charge in [0.25, 0.3) is 0 Å². The third-order valence-electron chi connectivity index (χ3n) is 4.73. The molecule has 0 atom stereocenters. The number of fused-ring (bicyclic) bond motifs is 1. The number of imidazole rings is 1.